The molecule has 1 fully saturated rings. The number of carbonyl (C=O) groups is 2. The number of nitrogens with one attached hydrogen (secondary N) is 1. The van der Waals surface area contributed by atoms with Gasteiger partial charge in [0.15, 0.2) is 11.3 Å². The number of ketones is 1. The van der Waals surface area contributed by atoms with Crippen LogP contribution < -0.4 is 11.2 Å². The second-order valence-corrected chi connectivity index (χ2v) is 5.10. The normalized spacial score (nSPS) is 21.6. The third-order valence-electron chi connectivity index (χ3n) is 3.80. The van der Waals surface area contributed by atoms with Crippen molar-refractivity contribution in [3.8, 4) is 0 Å². The zero-order chi connectivity index (χ0) is 14.4. The van der Waals surface area contributed by atoms with Gasteiger partial charge in [0, 0.05) is 6.42 Å². The largest absolute Gasteiger partial charge is 0.372 e. The first-order valence-corrected chi connectivity index (χ1v) is 6.92. The highest BCUT2D eigenvalue weighted by molar-refractivity contribution is 6.08. The zero-order valence-electron chi connectivity index (χ0n) is 11.4. The van der Waals surface area contributed by atoms with Crippen LogP contribution in [0, 0.1) is 0 Å². The van der Waals surface area contributed by atoms with E-state index in [0.29, 0.717) is 25.8 Å². The monoisotopic (exact) mass is 276 g/mol. The molecule has 3 N–H and O–H groups in total. The molecule has 0 amide bonds. The molecule has 0 bridgehead atoms. The van der Waals surface area contributed by atoms with Crippen LogP contribution in [0.15, 0.2) is 30.3 Å². The van der Waals surface area contributed by atoms with Gasteiger partial charge < -0.3 is 4.84 Å². The van der Waals surface area contributed by atoms with Crippen LogP contribution in [0.3, 0.4) is 0 Å². The van der Waals surface area contributed by atoms with Crippen molar-refractivity contribution >= 4 is 11.8 Å². The molecule has 0 aliphatic carbocycles. The summed E-state index contributed by atoms with van der Waals surface area (Å²) in [7, 11) is 0. The van der Waals surface area contributed by atoms with Crippen molar-refractivity contribution in [2.24, 2.45) is 5.90 Å². The van der Waals surface area contributed by atoms with Gasteiger partial charge in [-0.15, -0.1) is 0 Å². The average Bonchev–Trinajstić information content (AvgIpc) is 2.98. The Hall–Kier alpha value is -1.72. The summed E-state index contributed by atoms with van der Waals surface area (Å²) in [6.07, 6.45) is 3.12. The number of rotatable bonds is 6. The lowest BCUT2D eigenvalue weighted by molar-refractivity contribution is -0.155. The van der Waals surface area contributed by atoms with Crippen molar-refractivity contribution in [2.45, 2.75) is 37.6 Å². The highest BCUT2D eigenvalue weighted by atomic mass is 16.7. The Morgan fingerprint density at radius 3 is 2.65 bits per heavy atom. The standard InChI is InChI=1S/C15H20N2O3/c16-20-14(19)15(10-5-11-17-15)13(18)9-4-8-12-6-2-1-3-7-12/h1-3,6-7,17H,4-5,8-11,16H2/t15-/m1/s1. The fourth-order valence-corrected chi connectivity index (χ4v) is 2.68. The Morgan fingerprint density at radius 2 is 2.05 bits per heavy atom. The predicted molar refractivity (Wildman–Crippen MR) is 74.6 cm³/mol. The Labute approximate surface area is 118 Å². The smallest absolute Gasteiger partial charge is 0.352 e. The number of benzene rings is 1. The van der Waals surface area contributed by atoms with E-state index >= 15 is 0 Å². The van der Waals surface area contributed by atoms with E-state index in [1.54, 1.807) is 0 Å². The minimum Gasteiger partial charge on any atom is -0.372 e. The second kappa shape index (κ2) is 6.63. The third kappa shape index (κ3) is 3.05. The molecule has 1 aliphatic rings. The predicted octanol–water partition coefficient (Wildman–Crippen LogP) is 1.12. The van der Waals surface area contributed by atoms with E-state index in [1.807, 2.05) is 30.3 Å². The van der Waals surface area contributed by atoms with Gasteiger partial charge in [-0.25, -0.2) is 4.79 Å². The van der Waals surface area contributed by atoms with E-state index in [9.17, 15) is 9.59 Å². The molecule has 5 heteroatoms. The van der Waals surface area contributed by atoms with Gasteiger partial charge in [0.05, 0.1) is 0 Å². The van der Waals surface area contributed by atoms with Crippen LogP contribution in [0.4, 0.5) is 0 Å². The first kappa shape index (κ1) is 14.7. The Morgan fingerprint density at radius 1 is 1.30 bits per heavy atom. The van der Waals surface area contributed by atoms with Crippen molar-refractivity contribution in [1.82, 2.24) is 5.32 Å². The van der Waals surface area contributed by atoms with E-state index in [-0.39, 0.29) is 5.78 Å². The van der Waals surface area contributed by atoms with E-state index in [0.717, 1.165) is 12.8 Å². The summed E-state index contributed by atoms with van der Waals surface area (Å²) in [6, 6.07) is 9.97. The lowest BCUT2D eigenvalue weighted by atomic mass is 9.88. The van der Waals surface area contributed by atoms with Gasteiger partial charge in [0.2, 0.25) is 0 Å². The topological polar surface area (TPSA) is 81.4 Å². The summed E-state index contributed by atoms with van der Waals surface area (Å²) in [5, 5.41) is 2.97. The summed E-state index contributed by atoms with van der Waals surface area (Å²) in [5.41, 5.74) is -0.0269. The second-order valence-electron chi connectivity index (χ2n) is 5.10. The molecule has 20 heavy (non-hydrogen) atoms. The molecule has 108 valence electrons. The van der Waals surface area contributed by atoms with Crippen molar-refractivity contribution < 1.29 is 14.4 Å². The Bertz CT molecular complexity index is 467. The molecule has 0 unspecified atom stereocenters. The molecular weight excluding hydrogens is 256 g/mol. The van der Waals surface area contributed by atoms with Gasteiger partial charge in [-0.3, -0.25) is 10.1 Å². The molecule has 1 heterocycles. The van der Waals surface area contributed by atoms with Crippen LogP contribution in [0.25, 0.3) is 0 Å². The fourth-order valence-electron chi connectivity index (χ4n) is 2.68. The highest BCUT2D eigenvalue weighted by Gasteiger charge is 2.48. The maximum atomic E-state index is 12.3. The molecule has 1 atom stereocenters. The van der Waals surface area contributed by atoms with Crippen molar-refractivity contribution in [3.05, 3.63) is 35.9 Å². The molecule has 0 saturated carbocycles. The number of aryl methyl sites for hydroxylation is 1. The lowest BCUT2D eigenvalue weighted by Crippen LogP contribution is -2.55. The number of carbonyl (C=O) groups excluding carboxylic acids is 2. The molecular formula is C15H20N2O3. The van der Waals surface area contributed by atoms with Crippen LogP contribution in [-0.2, 0) is 20.8 Å². The van der Waals surface area contributed by atoms with Gasteiger partial charge in [0.25, 0.3) is 0 Å². The van der Waals surface area contributed by atoms with Crippen LogP contribution in [0.1, 0.15) is 31.2 Å². The first-order valence-electron chi connectivity index (χ1n) is 6.92. The highest BCUT2D eigenvalue weighted by Crippen LogP contribution is 2.24. The average molecular weight is 276 g/mol. The number of hydrogen-bond acceptors (Lipinski definition) is 5. The maximum Gasteiger partial charge on any atom is 0.352 e. The Kier molecular flexibility index (Phi) is 4.87. The van der Waals surface area contributed by atoms with Gasteiger partial charge in [-0.05, 0) is 37.8 Å². The fraction of sp³-hybridized carbons (Fsp3) is 0.467. The van der Waals surface area contributed by atoms with E-state index in [2.05, 4.69) is 10.2 Å². The first-order chi connectivity index (χ1) is 9.69. The van der Waals surface area contributed by atoms with E-state index < -0.39 is 11.5 Å². The zero-order valence-corrected chi connectivity index (χ0v) is 11.4. The SMILES string of the molecule is NOC(=O)[C@]1(C(=O)CCCc2ccccc2)CCCN1. The van der Waals surface area contributed by atoms with Crippen LogP contribution in [-0.4, -0.2) is 23.8 Å². The van der Waals surface area contributed by atoms with Gasteiger partial charge >= 0.3 is 5.97 Å². The minimum atomic E-state index is -1.22. The molecule has 5 nitrogen and oxygen atoms in total. The number of hydrogen-bond donors (Lipinski definition) is 2. The molecule has 1 aromatic rings. The summed E-state index contributed by atoms with van der Waals surface area (Å²) in [6.45, 7) is 0.638. The number of Topliss-reactive ketones (excluding diaryl/α,β-unsaturated/α-hetero) is 1. The molecule has 1 aliphatic heterocycles. The van der Waals surface area contributed by atoms with E-state index in [4.69, 9.17) is 5.90 Å². The molecule has 1 saturated heterocycles. The summed E-state index contributed by atoms with van der Waals surface area (Å²) in [4.78, 5) is 28.4. The lowest BCUT2D eigenvalue weighted by Gasteiger charge is -2.24. The van der Waals surface area contributed by atoms with Gasteiger partial charge in [0.1, 0.15) is 0 Å². The molecule has 0 aromatic heterocycles. The van der Waals surface area contributed by atoms with Crippen molar-refractivity contribution in [1.29, 1.82) is 0 Å². The molecule has 0 spiro atoms. The minimum absolute atomic E-state index is 0.124. The van der Waals surface area contributed by atoms with Crippen molar-refractivity contribution in [2.75, 3.05) is 6.54 Å². The van der Waals surface area contributed by atoms with Gasteiger partial charge in [-0.1, -0.05) is 30.3 Å². The van der Waals surface area contributed by atoms with Gasteiger partial charge in [-0.2, -0.15) is 5.90 Å². The third-order valence-corrected chi connectivity index (χ3v) is 3.80. The van der Waals surface area contributed by atoms with Crippen LogP contribution in [0.5, 0.6) is 0 Å². The van der Waals surface area contributed by atoms with Crippen LogP contribution >= 0.6 is 0 Å². The Balaban J connectivity index is 1.91. The summed E-state index contributed by atoms with van der Waals surface area (Å²) < 4.78 is 0. The van der Waals surface area contributed by atoms with E-state index in [1.165, 1.54) is 5.56 Å². The quantitative estimate of drug-likeness (QED) is 0.601. The molecule has 2 rings (SSSR count). The molecule has 1 aromatic carbocycles. The van der Waals surface area contributed by atoms with Crippen molar-refractivity contribution in [3.63, 3.8) is 0 Å². The number of nitrogens with two attached hydrogens (primary N) is 1. The summed E-state index contributed by atoms with van der Waals surface area (Å²) in [5.74, 6) is 4.16. The maximum absolute atomic E-state index is 12.3. The summed E-state index contributed by atoms with van der Waals surface area (Å²) >= 11 is 0. The van der Waals surface area contributed by atoms with Crippen LogP contribution in [0.2, 0.25) is 0 Å². The molecule has 0 radical (unpaired) electrons.